The van der Waals surface area contributed by atoms with Crippen molar-refractivity contribution in [1.82, 2.24) is 19.3 Å². The first kappa shape index (κ1) is 13.6. The van der Waals surface area contributed by atoms with Gasteiger partial charge in [-0.3, -0.25) is 0 Å². The maximum absolute atomic E-state index is 6.42. The average molecular weight is 307 g/mol. The zero-order valence-electron chi connectivity index (χ0n) is 13.1. The van der Waals surface area contributed by atoms with Gasteiger partial charge in [-0.05, 0) is 57.8 Å². The molecule has 1 unspecified atom stereocenters. The number of alkyl halides is 1. The molecule has 1 atom stereocenters. The Hall–Kier alpha value is -1.03. The Bertz CT molecular complexity index is 689. The van der Waals surface area contributed by atoms with Crippen LogP contribution in [0.5, 0.6) is 0 Å². The molecule has 0 N–H and O–H groups in total. The molecule has 114 valence electrons. The highest BCUT2D eigenvalue weighted by molar-refractivity contribution is 6.20. The Balaban J connectivity index is 1.85. The molecular formula is C16H23ClN4. The Morgan fingerprint density at radius 2 is 2.10 bits per heavy atom. The SMILES string of the molecule is CCn1nc(C)c2nc(C(C)Cl)n(CC3(C4CC4)CC3)c21. The summed E-state index contributed by atoms with van der Waals surface area (Å²) in [5.74, 6) is 1.95. The van der Waals surface area contributed by atoms with Gasteiger partial charge in [0.05, 0.1) is 11.1 Å². The fraction of sp³-hybridized carbons (Fsp3) is 0.750. The number of hydrogen-bond donors (Lipinski definition) is 0. The van der Waals surface area contributed by atoms with Crippen LogP contribution in [0.25, 0.3) is 11.2 Å². The van der Waals surface area contributed by atoms with Crippen molar-refractivity contribution in [3.8, 4) is 0 Å². The third-order valence-electron chi connectivity index (χ3n) is 5.29. The highest BCUT2D eigenvalue weighted by Crippen LogP contribution is 2.62. The summed E-state index contributed by atoms with van der Waals surface area (Å²) >= 11 is 6.42. The van der Waals surface area contributed by atoms with Gasteiger partial charge in [0, 0.05) is 13.1 Å². The summed E-state index contributed by atoms with van der Waals surface area (Å²) in [5, 5.41) is 4.57. The molecule has 0 amide bonds. The van der Waals surface area contributed by atoms with E-state index in [1.54, 1.807) is 0 Å². The summed E-state index contributed by atoms with van der Waals surface area (Å²) in [6, 6.07) is 0. The van der Waals surface area contributed by atoms with Crippen LogP contribution in [0.4, 0.5) is 0 Å². The second kappa shape index (κ2) is 4.48. The van der Waals surface area contributed by atoms with E-state index < -0.39 is 0 Å². The second-order valence-corrected chi connectivity index (χ2v) is 7.54. The third-order valence-corrected chi connectivity index (χ3v) is 5.49. The second-order valence-electron chi connectivity index (χ2n) is 6.88. The van der Waals surface area contributed by atoms with Crippen molar-refractivity contribution in [2.75, 3.05) is 0 Å². The number of aryl methyl sites for hydroxylation is 2. The van der Waals surface area contributed by atoms with Crippen LogP contribution in [0.3, 0.4) is 0 Å². The standard InChI is InChI=1S/C16H23ClN4/c1-4-21-15-13(11(3)19-21)18-14(10(2)17)20(15)9-16(7-8-16)12-5-6-12/h10,12H,4-9H2,1-3H3. The van der Waals surface area contributed by atoms with Crippen LogP contribution in [0.1, 0.15) is 56.4 Å². The molecule has 0 bridgehead atoms. The topological polar surface area (TPSA) is 35.6 Å². The highest BCUT2D eigenvalue weighted by Gasteiger charge is 2.54. The summed E-state index contributed by atoms with van der Waals surface area (Å²) in [5.41, 5.74) is 3.75. The molecule has 0 saturated heterocycles. The molecule has 2 heterocycles. The van der Waals surface area contributed by atoms with Gasteiger partial charge >= 0.3 is 0 Å². The lowest BCUT2D eigenvalue weighted by Crippen LogP contribution is -2.18. The monoisotopic (exact) mass is 306 g/mol. The Morgan fingerprint density at radius 3 is 2.62 bits per heavy atom. The third kappa shape index (κ3) is 2.02. The van der Waals surface area contributed by atoms with E-state index in [1.165, 1.54) is 31.3 Å². The molecule has 2 aliphatic carbocycles. The van der Waals surface area contributed by atoms with E-state index in [2.05, 4.69) is 21.3 Å². The molecule has 0 spiro atoms. The number of aromatic nitrogens is 4. The van der Waals surface area contributed by atoms with E-state index in [0.717, 1.165) is 36.0 Å². The van der Waals surface area contributed by atoms with Crippen LogP contribution in [0.2, 0.25) is 0 Å². The lowest BCUT2D eigenvalue weighted by atomic mass is 10.0. The van der Waals surface area contributed by atoms with Gasteiger partial charge in [0.2, 0.25) is 0 Å². The van der Waals surface area contributed by atoms with E-state index in [4.69, 9.17) is 16.6 Å². The van der Waals surface area contributed by atoms with Crippen LogP contribution in [-0.2, 0) is 13.1 Å². The minimum absolute atomic E-state index is 0.0582. The van der Waals surface area contributed by atoms with Crippen molar-refractivity contribution in [1.29, 1.82) is 0 Å². The first-order valence-corrected chi connectivity index (χ1v) is 8.57. The quantitative estimate of drug-likeness (QED) is 0.781. The molecule has 21 heavy (non-hydrogen) atoms. The molecule has 2 fully saturated rings. The predicted octanol–water partition coefficient (Wildman–Crippen LogP) is 4.05. The fourth-order valence-corrected chi connectivity index (χ4v) is 3.95. The summed E-state index contributed by atoms with van der Waals surface area (Å²) in [6.07, 6.45) is 5.56. The van der Waals surface area contributed by atoms with Crippen molar-refractivity contribution in [2.24, 2.45) is 11.3 Å². The minimum Gasteiger partial charge on any atom is -0.311 e. The Morgan fingerprint density at radius 1 is 1.38 bits per heavy atom. The molecule has 0 radical (unpaired) electrons. The van der Waals surface area contributed by atoms with E-state index in [1.807, 2.05) is 13.8 Å². The van der Waals surface area contributed by atoms with Crippen LogP contribution >= 0.6 is 11.6 Å². The molecule has 0 aliphatic heterocycles. The minimum atomic E-state index is -0.0582. The number of hydrogen-bond acceptors (Lipinski definition) is 2. The van der Waals surface area contributed by atoms with Gasteiger partial charge in [-0.1, -0.05) is 0 Å². The lowest BCUT2D eigenvalue weighted by Gasteiger charge is -2.19. The van der Waals surface area contributed by atoms with Gasteiger partial charge in [-0.2, -0.15) is 5.10 Å². The Kier molecular flexibility index (Phi) is 2.91. The zero-order valence-corrected chi connectivity index (χ0v) is 13.8. The maximum Gasteiger partial charge on any atom is 0.158 e. The lowest BCUT2D eigenvalue weighted by molar-refractivity contribution is 0.365. The van der Waals surface area contributed by atoms with Crippen molar-refractivity contribution in [2.45, 2.75) is 64.9 Å². The Labute approximate surface area is 130 Å². The molecule has 4 rings (SSSR count). The van der Waals surface area contributed by atoms with Crippen molar-refractivity contribution < 1.29 is 0 Å². The van der Waals surface area contributed by atoms with Gasteiger partial charge in [-0.15, -0.1) is 11.6 Å². The van der Waals surface area contributed by atoms with Crippen molar-refractivity contribution in [3.05, 3.63) is 11.5 Å². The van der Waals surface area contributed by atoms with E-state index in [0.29, 0.717) is 5.41 Å². The van der Waals surface area contributed by atoms with Gasteiger partial charge in [-0.25, -0.2) is 9.67 Å². The normalized spacial score (nSPS) is 21.9. The molecule has 4 nitrogen and oxygen atoms in total. The molecule has 2 aromatic rings. The van der Waals surface area contributed by atoms with Gasteiger partial charge in [0.1, 0.15) is 11.3 Å². The van der Waals surface area contributed by atoms with E-state index in [-0.39, 0.29) is 5.38 Å². The van der Waals surface area contributed by atoms with Crippen LogP contribution in [0, 0.1) is 18.3 Å². The molecule has 2 saturated carbocycles. The van der Waals surface area contributed by atoms with Gasteiger partial charge in [0.25, 0.3) is 0 Å². The first-order valence-electron chi connectivity index (χ1n) is 8.13. The first-order chi connectivity index (χ1) is 10.1. The number of rotatable bonds is 5. The molecule has 2 aromatic heterocycles. The van der Waals surface area contributed by atoms with Crippen LogP contribution in [-0.4, -0.2) is 19.3 Å². The molecule has 2 aliphatic rings. The zero-order chi connectivity index (χ0) is 14.8. The van der Waals surface area contributed by atoms with Crippen molar-refractivity contribution >= 4 is 22.8 Å². The van der Waals surface area contributed by atoms with E-state index in [9.17, 15) is 0 Å². The molecule has 5 heteroatoms. The molecule has 0 aromatic carbocycles. The number of halogens is 1. The summed E-state index contributed by atoms with van der Waals surface area (Å²) in [4.78, 5) is 4.82. The van der Waals surface area contributed by atoms with Gasteiger partial charge < -0.3 is 4.57 Å². The number of imidazole rings is 1. The highest BCUT2D eigenvalue weighted by atomic mass is 35.5. The molecular weight excluding hydrogens is 284 g/mol. The van der Waals surface area contributed by atoms with Crippen molar-refractivity contribution in [3.63, 3.8) is 0 Å². The van der Waals surface area contributed by atoms with Crippen LogP contribution in [0.15, 0.2) is 0 Å². The smallest absolute Gasteiger partial charge is 0.158 e. The summed E-state index contributed by atoms with van der Waals surface area (Å²) in [6.45, 7) is 8.16. The summed E-state index contributed by atoms with van der Waals surface area (Å²) in [7, 11) is 0. The largest absolute Gasteiger partial charge is 0.311 e. The van der Waals surface area contributed by atoms with Gasteiger partial charge in [0.15, 0.2) is 5.65 Å². The predicted molar refractivity (Wildman–Crippen MR) is 84.6 cm³/mol. The van der Waals surface area contributed by atoms with Crippen LogP contribution < -0.4 is 0 Å². The average Bonchev–Trinajstić information content (AvgIpc) is 3.33. The van der Waals surface area contributed by atoms with E-state index >= 15 is 0 Å². The number of nitrogens with zero attached hydrogens (tertiary/aromatic N) is 4. The number of fused-ring (bicyclic) bond motifs is 1. The summed E-state index contributed by atoms with van der Waals surface area (Å²) < 4.78 is 4.46. The maximum atomic E-state index is 6.42. The fourth-order valence-electron chi connectivity index (χ4n) is 3.79.